The van der Waals surface area contributed by atoms with Crippen molar-refractivity contribution in [3.63, 3.8) is 0 Å². The zero-order chi connectivity index (χ0) is 17.8. The molecule has 0 fully saturated rings. The molecule has 0 aliphatic heterocycles. The van der Waals surface area contributed by atoms with Crippen LogP contribution in [0.5, 0.6) is 0 Å². The van der Waals surface area contributed by atoms with Gasteiger partial charge in [0.2, 0.25) is 5.91 Å². The lowest BCUT2D eigenvalue weighted by atomic mass is 10.2. The quantitative estimate of drug-likeness (QED) is 0.456. The van der Waals surface area contributed by atoms with Crippen molar-refractivity contribution in [3.8, 4) is 11.3 Å². The van der Waals surface area contributed by atoms with E-state index in [9.17, 15) is 4.79 Å². The molecule has 0 bridgehead atoms. The normalized spacial score (nSPS) is 11.0. The Labute approximate surface area is 167 Å². The summed E-state index contributed by atoms with van der Waals surface area (Å²) in [5, 5.41) is 6.14. The van der Waals surface area contributed by atoms with Crippen LogP contribution in [0.4, 0.5) is 5.13 Å². The van der Waals surface area contributed by atoms with Gasteiger partial charge in [0.1, 0.15) is 0 Å². The fourth-order valence-electron chi connectivity index (χ4n) is 2.06. The number of thiazole rings is 1. The van der Waals surface area contributed by atoms with Gasteiger partial charge in [-0.2, -0.15) is 0 Å². The Morgan fingerprint density at radius 3 is 2.48 bits per heavy atom. The summed E-state index contributed by atoms with van der Waals surface area (Å²) in [6.07, 6.45) is 2.97. The van der Waals surface area contributed by atoms with Gasteiger partial charge in [-0.15, -0.1) is 11.3 Å². The summed E-state index contributed by atoms with van der Waals surface area (Å²) in [6.45, 7) is 0. The average molecular weight is 454 g/mol. The van der Waals surface area contributed by atoms with Gasteiger partial charge in [0.25, 0.3) is 0 Å². The zero-order valence-electron chi connectivity index (χ0n) is 12.7. The number of anilines is 1. The number of nitrogens with zero attached hydrogens (tertiary/aromatic N) is 1. The van der Waals surface area contributed by atoms with Gasteiger partial charge in [-0.05, 0) is 30.3 Å². The summed E-state index contributed by atoms with van der Waals surface area (Å²) in [4.78, 5) is 16.5. The first kappa shape index (κ1) is 18.1. The number of benzene rings is 2. The minimum absolute atomic E-state index is 0.298. The summed E-state index contributed by atoms with van der Waals surface area (Å²) < 4.78 is 1.00. The number of carbonyl (C=O) groups is 1. The van der Waals surface area contributed by atoms with Gasteiger partial charge >= 0.3 is 0 Å². The van der Waals surface area contributed by atoms with Gasteiger partial charge in [0.05, 0.1) is 5.69 Å². The van der Waals surface area contributed by atoms with Crippen molar-refractivity contribution in [1.29, 1.82) is 0 Å². The Morgan fingerprint density at radius 1 is 1.12 bits per heavy atom. The second-order valence-electron chi connectivity index (χ2n) is 5.00. The number of aromatic nitrogens is 1. The predicted octanol–water partition coefficient (Wildman–Crippen LogP) is 6.53. The average Bonchev–Trinajstić information content (AvgIpc) is 3.03. The molecule has 1 aromatic heterocycles. The molecule has 0 atom stereocenters. The lowest BCUT2D eigenvalue weighted by molar-refractivity contribution is -0.111. The molecular formula is C18H11BrCl2N2OS. The van der Waals surface area contributed by atoms with E-state index < -0.39 is 0 Å². The third kappa shape index (κ3) is 4.70. The van der Waals surface area contributed by atoms with Crippen LogP contribution in [0.25, 0.3) is 17.3 Å². The largest absolute Gasteiger partial charge is 0.298 e. The third-order valence-electron chi connectivity index (χ3n) is 3.28. The van der Waals surface area contributed by atoms with E-state index in [1.54, 1.807) is 24.3 Å². The molecule has 126 valence electrons. The summed E-state index contributed by atoms with van der Waals surface area (Å²) in [5.74, 6) is -0.298. The molecule has 0 saturated heterocycles. The van der Waals surface area contributed by atoms with E-state index in [0.29, 0.717) is 20.7 Å². The fraction of sp³-hybridized carbons (Fsp3) is 0. The Hall–Kier alpha value is -1.66. The van der Waals surface area contributed by atoms with Gasteiger partial charge in [0.15, 0.2) is 5.13 Å². The highest BCUT2D eigenvalue weighted by molar-refractivity contribution is 9.10. The molecule has 3 nitrogen and oxygen atoms in total. The van der Waals surface area contributed by atoms with Crippen LogP contribution in [0.15, 0.2) is 58.4 Å². The van der Waals surface area contributed by atoms with E-state index in [0.717, 1.165) is 15.7 Å². The van der Waals surface area contributed by atoms with Crippen molar-refractivity contribution in [3.05, 3.63) is 74.0 Å². The molecule has 3 aromatic rings. The first-order valence-electron chi connectivity index (χ1n) is 7.17. The summed E-state index contributed by atoms with van der Waals surface area (Å²) in [7, 11) is 0. The Balaban J connectivity index is 1.69. The molecule has 1 heterocycles. The van der Waals surface area contributed by atoms with Crippen LogP contribution in [0.3, 0.4) is 0 Å². The van der Waals surface area contributed by atoms with E-state index in [2.05, 4.69) is 26.2 Å². The van der Waals surface area contributed by atoms with E-state index in [1.807, 2.05) is 29.6 Å². The summed E-state index contributed by atoms with van der Waals surface area (Å²) in [6, 6.07) is 13.0. The van der Waals surface area contributed by atoms with Crippen LogP contribution in [0.1, 0.15) is 5.56 Å². The first-order chi connectivity index (χ1) is 12.0. The molecule has 25 heavy (non-hydrogen) atoms. The SMILES string of the molecule is O=C(/C=C/c1c(Cl)cccc1Cl)Nc1nc(-c2ccc(Br)cc2)cs1. The molecular weight excluding hydrogens is 443 g/mol. The number of rotatable bonds is 4. The van der Waals surface area contributed by atoms with Crippen molar-refractivity contribution in [2.45, 2.75) is 0 Å². The van der Waals surface area contributed by atoms with Crippen LogP contribution in [0.2, 0.25) is 10.0 Å². The van der Waals surface area contributed by atoms with Crippen LogP contribution < -0.4 is 5.32 Å². The number of halogens is 3. The van der Waals surface area contributed by atoms with Crippen molar-refractivity contribution in [2.24, 2.45) is 0 Å². The molecule has 2 aromatic carbocycles. The molecule has 0 spiro atoms. The monoisotopic (exact) mass is 452 g/mol. The molecule has 1 N–H and O–H groups in total. The van der Waals surface area contributed by atoms with E-state index >= 15 is 0 Å². The van der Waals surface area contributed by atoms with Crippen molar-refractivity contribution >= 4 is 67.6 Å². The molecule has 0 unspecified atom stereocenters. The highest BCUT2D eigenvalue weighted by atomic mass is 79.9. The Bertz CT molecular complexity index is 918. The van der Waals surface area contributed by atoms with E-state index in [4.69, 9.17) is 23.2 Å². The lowest BCUT2D eigenvalue weighted by Crippen LogP contribution is -2.07. The second kappa shape index (κ2) is 8.15. The summed E-state index contributed by atoms with van der Waals surface area (Å²) in [5.41, 5.74) is 2.40. The van der Waals surface area contributed by atoms with Crippen LogP contribution >= 0.6 is 50.5 Å². The van der Waals surface area contributed by atoms with Gasteiger partial charge < -0.3 is 0 Å². The highest BCUT2D eigenvalue weighted by Gasteiger charge is 2.07. The van der Waals surface area contributed by atoms with Crippen LogP contribution in [0, 0.1) is 0 Å². The fourth-order valence-corrected chi connectivity index (χ4v) is 3.57. The number of carbonyl (C=O) groups excluding carboxylic acids is 1. The van der Waals surface area contributed by atoms with Gasteiger partial charge in [0, 0.05) is 37.1 Å². The number of hydrogen-bond acceptors (Lipinski definition) is 3. The van der Waals surface area contributed by atoms with Gasteiger partial charge in [-0.25, -0.2) is 4.98 Å². The molecule has 7 heteroatoms. The van der Waals surface area contributed by atoms with Crippen molar-refractivity contribution in [2.75, 3.05) is 5.32 Å². The Kier molecular flexibility index (Phi) is 5.91. The Morgan fingerprint density at radius 2 is 1.80 bits per heavy atom. The summed E-state index contributed by atoms with van der Waals surface area (Å²) >= 11 is 16.9. The second-order valence-corrected chi connectivity index (χ2v) is 7.59. The lowest BCUT2D eigenvalue weighted by Gasteiger charge is -2.01. The maximum Gasteiger partial charge on any atom is 0.250 e. The molecule has 0 saturated carbocycles. The maximum absolute atomic E-state index is 12.1. The zero-order valence-corrected chi connectivity index (χ0v) is 16.6. The minimum Gasteiger partial charge on any atom is -0.298 e. The number of hydrogen-bond donors (Lipinski definition) is 1. The molecule has 0 aliphatic rings. The predicted molar refractivity (Wildman–Crippen MR) is 109 cm³/mol. The molecule has 0 radical (unpaired) electrons. The topological polar surface area (TPSA) is 42.0 Å². The van der Waals surface area contributed by atoms with Gasteiger partial charge in [-0.1, -0.05) is 57.3 Å². The molecule has 3 rings (SSSR count). The smallest absolute Gasteiger partial charge is 0.250 e. The van der Waals surface area contributed by atoms with Gasteiger partial charge in [-0.3, -0.25) is 10.1 Å². The molecule has 0 aliphatic carbocycles. The third-order valence-corrected chi connectivity index (χ3v) is 5.22. The standard InChI is InChI=1S/C18H11BrCl2N2OS/c19-12-6-4-11(5-7-12)16-10-25-18(22-16)23-17(24)9-8-13-14(20)2-1-3-15(13)21/h1-10H,(H,22,23,24)/b9-8+. The minimum atomic E-state index is -0.298. The van der Waals surface area contributed by atoms with Crippen molar-refractivity contribution in [1.82, 2.24) is 4.98 Å². The van der Waals surface area contributed by atoms with Crippen molar-refractivity contribution < 1.29 is 4.79 Å². The van der Waals surface area contributed by atoms with E-state index in [1.165, 1.54) is 17.4 Å². The van der Waals surface area contributed by atoms with Crippen LogP contribution in [-0.4, -0.2) is 10.9 Å². The van der Waals surface area contributed by atoms with E-state index in [-0.39, 0.29) is 5.91 Å². The number of amides is 1. The van der Waals surface area contributed by atoms with Crippen LogP contribution in [-0.2, 0) is 4.79 Å². The number of nitrogens with one attached hydrogen (secondary N) is 1. The molecule has 1 amide bonds. The maximum atomic E-state index is 12.1. The highest BCUT2D eigenvalue weighted by Crippen LogP contribution is 2.27. The first-order valence-corrected chi connectivity index (χ1v) is 9.60.